The average Bonchev–Trinajstić information content (AvgIpc) is 2.28. The molecule has 0 saturated heterocycles. The summed E-state index contributed by atoms with van der Waals surface area (Å²) in [5, 5.41) is 0.325. The summed E-state index contributed by atoms with van der Waals surface area (Å²) in [4.78, 5) is 0. The molecule has 1 atom stereocenters. The summed E-state index contributed by atoms with van der Waals surface area (Å²) in [5.41, 5.74) is 0. The monoisotopic (exact) mass is 328 g/mol. The van der Waals surface area contributed by atoms with Gasteiger partial charge in [-0.25, -0.2) is 0 Å². The molecule has 0 aromatic heterocycles. The van der Waals surface area contributed by atoms with E-state index in [0.717, 1.165) is 5.92 Å². The van der Waals surface area contributed by atoms with Crippen LogP contribution in [-0.2, 0) is 0 Å². The van der Waals surface area contributed by atoms with Crippen molar-refractivity contribution in [1.82, 2.24) is 0 Å². The first kappa shape index (κ1) is 19.3. The second-order valence-electron chi connectivity index (χ2n) is 7.29. The van der Waals surface area contributed by atoms with Crippen molar-refractivity contribution >= 4 is 22.6 Å². The van der Waals surface area contributed by atoms with E-state index >= 15 is 0 Å². The summed E-state index contributed by atoms with van der Waals surface area (Å²) in [5.74, 6) is 2.10. The quantitative estimate of drug-likeness (QED) is 0.333. The zero-order valence-electron chi connectivity index (χ0n) is 14.4. The number of hydrogen-bond acceptors (Lipinski definition) is 0. The molecule has 0 saturated carbocycles. The fourth-order valence-electron chi connectivity index (χ4n) is 2.60. The molecule has 19 heavy (non-hydrogen) atoms. The Bertz CT molecular complexity index is 279. The maximum atomic E-state index is 3.91. The van der Waals surface area contributed by atoms with Crippen molar-refractivity contribution in [2.45, 2.75) is 85.8 Å². The Morgan fingerprint density at radius 3 is 2.05 bits per heavy atom. The number of halogens is 1. The van der Waals surface area contributed by atoms with Crippen molar-refractivity contribution in [2.24, 2.45) is 11.8 Å². The zero-order chi connectivity index (χ0) is 15.2. The van der Waals surface area contributed by atoms with Gasteiger partial charge in [-0.3, -0.25) is 0 Å². The predicted octanol–water partition coefficient (Wildman–Crippen LogP) is 6.97. The molecule has 0 radical (unpaired) electrons. The van der Waals surface area contributed by atoms with Gasteiger partial charge in [0.25, 0.3) is 0 Å². The van der Waals surface area contributed by atoms with E-state index in [1.54, 1.807) is 0 Å². The van der Waals surface area contributed by atoms with E-state index in [9.17, 15) is 0 Å². The van der Waals surface area contributed by atoms with Gasteiger partial charge < -0.3 is 0 Å². The molecule has 0 aliphatic carbocycles. The van der Waals surface area contributed by atoms with Gasteiger partial charge in [-0.05, 0) is 22.0 Å². The standard InChI is InChI=1S/C17H34BBr/c1-9-10-11-12-16(19)18(15(6)13(2)3)17(7,8)14(4)5/h12-15H,9-11H2,1-8H3/b16-12-. The lowest BCUT2D eigenvalue weighted by Gasteiger charge is -2.40. The molecule has 0 fully saturated rings. The van der Waals surface area contributed by atoms with Gasteiger partial charge in [0.05, 0.1) is 0 Å². The van der Waals surface area contributed by atoms with Crippen molar-refractivity contribution in [3.05, 3.63) is 10.5 Å². The van der Waals surface area contributed by atoms with Crippen LogP contribution >= 0.6 is 15.9 Å². The topological polar surface area (TPSA) is 0 Å². The van der Waals surface area contributed by atoms with Crippen LogP contribution in [0.5, 0.6) is 0 Å². The van der Waals surface area contributed by atoms with Crippen molar-refractivity contribution in [3.8, 4) is 0 Å². The van der Waals surface area contributed by atoms with E-state index in [2.05, 4.69) is 77.4 Å². The molecule has 0 amide bonds. The van der Waals surface area contributed by atoms with Crippen molar-refractivity contribution in [3.63, 3.8) is 0 Å². The largest absolute Gasteiger partial charge is 0.193 e. The molecule has 0 aliphatic rings. The lowest BCUT2D eigenvalue weighted by atomic mass is 9.25. The van der Waals surface area contributed by atoms with Gasteiger partial charge in [0.1, 0.15) is 0 Å². The molecular formula is C17H34BBr. The van der Waals surface area contributed by atoms with Gasteiger partial charge in [0, 0.05) is 0 Å². The molecule has 0 aromatic rings. The Labute approximate surface area is 131 Å². The summed E-state index contributed by atoms with van der Waals surface area (Å²) < 4.78 is 1.43. The van der Waals surface area contributed by atoms with Crippen LogP contribution < -0.4 is 0 Å². The third kappa shape index (κ3) is 5.65. The highest BCUT2D eigenvalue weighted by molar-refractivity contribution is 9.12. The van der Waals surface area contributed by atoms with Gasteiger partial charge in [-0.1, -0.05) is 102 Å². The summed E-state index contributed by atoms with van der Waals surface area (Å²) in [6.07, 6.45) is 6.19. The number of unbranched alkanes of at least 4 members (excludes halogenated alkanes) is 2. The van der Waals surface area contributed by atoms with Gasteiger partial charge in [-0.2, -0.15) is 0 Å². The molecule has 0 aliphatic heterocycles. The fraction of sp³-hybridized carbons (Fsp3) is 0.882. The Balaban J connectivity index is 5.23. The first-order valence-corrected chi connectivity index (χ1v) is 8.81. The third-order valence-electron chi connectivity index (χ3n) is 5.06. The van der Waals surface area contributed by atoms with Gasteiger partial charge >= 0.3 is 0 Å². The highest BCUT2D eigenvalue weighted by Crippen LogP contribution is 2.48. The van der Waals surface area contributed by atoms with E-state index in [1.165, 1.54) is 23.6 Å². The lowest BCUT2D eigenvalue weighted by molar-refractivity contribution is 0.452. The van der Waals surface area contributed by atoms with Crippen LogP contribution in [0.3, 0.4) is 0 Å². The number of hydrogen-bond donors (Lipinski definition) is 0. The normalized spacial score (nSPS) is 15.2. The summed E-state index contributed by atoms with van der Waals surface area (Å²) in [6.45, 7) is 19.5. The van der Waals surface area contributed by atoms with Gasteiger partial charge in [-0.15, -0.1) is 0 Å². The summed E-state index contributed by atoms with van der Waals surface area (Å²) in [7, 11) is 0. The third-order valence-corrected chi connectivity index (χ3v) is 5.88. The molecule has 0 aromatic carbocycles. The molecule has 0 bridgehead atoms. The van der Waals surface area contributed by atoms with Crippen LogP contribution in [0.4, 0.5) is 0 Å². The molecule has 0 spiro atoms. The maximum Gasteiger partial charge on any atom is 0.193 e. The number of rotatable bonds is 8. The predicted molar refractivity (Wildman–Crippen MR) is 95.4 cm³/mol. The van der Waals surface area contributed by atoms with E-state index < -0.39 is 0 Å². The van der Waals surface area contributed by atoms with Crippen molar-refractivity contribution in [1.29, 1.82) is 0 Å². The molecule has 0 nitrogen and oxygen atoms in total. The SMILES string of the molecule is CCCC/C=C(\Br)B(C(C)C(C)C)C(C)(C)C(C)C. The highest BCUT2D eigenvalue weighted by atomic mass is 79.9. The van der Waals surface area contributed by atoms with E-state index in [0.29, 0.717) is 23.8 Å². The fourth-order valence-corrected chi connectivity index (χ4v) is 3.84. The first-order chi connectivity index (χ1) is 8.66. The van der Waals surface area contributed by atoms with Crippen LogP contribution in [0.25, 0.3) is 0 Å². The molecular weight excluding hydrogens is 295 g/mol. The van der Waals surface area contributed by atoms with Gasteiger partial charge in [0.15, 0.2) is 6.71 Å². The minimum atomic E-state index is 0.325. The van der Waals surface area contributed by atoms with Crippen molar-refractivity contribution < 1.29 is 0 Å². The Morgan fingerprint density at radius 1 is 1.16 bits per heavy atom. The van der Waals surface area contributed by atoms with Crippen LogP contribution in [0.1, 0.15) is 74.7 Å². The minimum Gasteiger partial charge on any atom is -0.0833 e. The second kappa shape index (κ2) is 8.54. The molecule has 1 unspecified atom stereocenters. The van der Waals surface area contributed by atoms with Crippen LogP contribution in [-0.4, -0.2) is 6.71 Å². The minimum absolute atomic E-state index is 0.325. The zero-order valence-corrected chi connectivity index (χ0v) is 16.0. The smallest absolute Gasteiger partial charge is 0.0833 e. The first-order valence-electron chi connectivity index (χ1n) is 8.01. The molecule has 2 heteroatoms. The molecule has 0 rings (SSSR count). The molecule has 0 heterocycles. The number of allylic oxidation sites excluding steroid dienone is 1. The highest BCUT2D eigenvalue weighted by Gasteiger charge is 2.41. The van der Waals surface area contributed by atoms with Gasteiger partial charge in [0.2, 0.25) is 0 Å². The summed E-state index contributed by atoms with van der Waals surface area (Å²) >= 11 is 3.91. The van der Waals surface area contributed by atoms with E-state index in [4.69, 9.17) is 0 Å². The van der Waals surface area contributed by atoms with Crippen LogP contribution in [0.15, 0.2) is 10.5 Å². The summed E-state index contributed by atoms with van der Waals surface area (Å²) in [6, 6.07) is 0. The second-order valence-corrected chi connectivity index (χ2v) is 8.20. The Hall–Kier alpha value is 0.285. The average molecular weight is 329 g/mol. The van der Waals surface area contributed by atoms with E-state index in [1.807, 2.05) is 0 Å². The molecule has 112 valence electrons. The Kier molecular flexibility index (Phi) is 8.67. The van der Waals surface area contributed by atoms with Crippen LogP contribution in [0.2, 0.25) is 11.1 Å². The molecule has 0 N–H and O–H groups in total. The van der Waals surface area contributed by atoms with Crippen LogP contribution in [0, 0.1) is 11.8 Å². The lowest BCUT2D eigenvalue weighted by Crippen LogP contribution is -2.38. The van der Waals surface area contributed by atoms with E-state index in [-0.39, 0.29) is 0 Å². The maximum absolute atomic E-state index is 3.91. The Morgan fingerprint density at radius 2 is 1.68 bits per heavy atom. The van der Waals surface area contributed by atoms with Crippen molar-refractivity contribution in [2.75, 3.05) is 0 Å².